The van der Waals surface area contributed by atoms with Gasteiger partial charge in [0, 0.05) is 22.2 Å². The van der Waals surface area contributed by atoms with Crippen molar-refractivity contribution in [1.82, 2.24) is 5.32 Å². The molecule has 0 aromatic heterocycles. The number of hydrogen-bond donors (Lipinski definition) is 4. The second-order valence-corrected chi connectivity index (χ2v) is 4.62. The van der Waals surface area contributed by atoms with E-state index in [1.807, 2.05) is 0 Å². The number of aliphatic hydroxyl groups excluding tert-OH is 3. The molecule has 4 N–H and O–H groups in total. The molecule has 0 saturated carbocycles. The number of rotatable bonds is 6. The van der Waals surface area contributed by atoms with E-state index in [0.717, 1.165) is 0 Å². The van der Waals surface area contributed by atoms with Crippen LogP contribution in [0.5, 0.6) is 0 Å². The van der Waals surface area contributed by atoms with Crippen molar-refractivity contribution in [1.29, 1.82) is 0 Å². The van der Waals surface area contributed by atoms with Crippen molar-refractivity contribution in [2.24, 2.45) is 0 Å². The monoisotopic (exact) mass is 279 g/mol. The van der Waals surface area contributed by atoms with Crippen molar-refractivity contribution in [3.63, 3.8) is 0 Å². The van der Waals surface area contributed by atoms with Gasteiger partial charge in [-0.1, -0.05) is 29.3 Å². The molecule has 0 aliphatic heterocycles. The Labute approximate surface area is 110 Å². The average Bonchev–Trinajstić information content (AvgIpc) is 2.34. The van der Waals surface area contributed by atoms with Gasteiger partial charge in [0.1, 0.15) is 0 Å². The van der Waals surface area contributed by atoms with Gasteiger partial charge in [-0.05, 0) is 12.1 Å². The fourth-order valence-electron chi connectivity index (χ4n) is 1.29. The summed E-state index contributed by atoms with van der Waals surface area (Å²) in [5, 5.41) is 31.3. The predicted molar refractivity (Wildman–Crippen MR) is 67.3 cm³/mol. The van der Waals surface area contributed by atoms with Crippen LogP contribution in [-0.2, 0) is 6.54 Å². The quantitative estimate of drug-likeness (QED) is 0.622. The molecule has 0 amide bonds. The Morgan fingerprint density at radius 1 is 1.00 bits per heavy atom. The van der Waals surface area contributed by atoms with Gasteiger partial charge < -0.3 is 20.6 Å². The minimum Gasteiger partial charge on any atom is -0.394 e. The largest absolute Gasteiger partial charge is 0.394 e. The van der Waals surface area contributed by atoms with E-state index in [0.29, 0.717) is 15.6 Å². The van der Waals surface area contributed by atoms with Crippen LogP contribution in [0.2, 0.25) is 10.0 Å². The maximum atomic E-state index is 9.14. The first kappa shape index (κ1) is 14.7. The van der Waals surface area contributed by atoms with E-state index < -0.39 is 5.54 Å². The van der Waals surface area contributed by atoms with E-state index in [4.69, 9.17) is 38.5 Å². The third-order valence-corrected chi connectivity index (χ3v) is 3.32. The van der Waals surface area contributed by atoms with Gasteiger partial charge in [0.05, 0.1) is 25.4 Å². The summed E-state index contributed by atoms with van der Waals surface area (Å²) in [4.78, 5) is 0. The maximum Gasteiger partial charge on any atom is 0.0884 e. The maximum absolute atomic E-state index is 9.14. The summed E-state index contributed by atoms with van der Waals surface area (Å²) in [5.41, 5.74) is -0.474. The molecule has 0 heterocycles. The van der Waals surface area contributed by atoms with Crippen LogP contribution in [0, 0.1) is 0 Å². The molecule has 0 bridgehead atoms. The first-order chi connectivity index (χ1) is 8.08. The Morgan fingerprint density at radius 3 is 1.88 bits per heavy atom. The lowest BCUT2D eigenvalue weighted by Crippen LogP contribution is -2.54. The zero-order valence-corrected chi connectivity index (χ0v) is 10.7. The van der Waals surface area contributed by atoms with Crippen molar-refractivity contribution in [2.45, 2.75) is 12.1 Å². The van der Waals surface area contributed by atoms with Gasteiger partial charge in [-0.2, -0.15) is 0 Å². The van der Waals surface area contributed by atoms with Crippen LogP contribution in [0.1, 0.15) is 5.56 Å². The molecule has 0 atom stereocenters. The predicted octanol–water partition coefficient (Wildman–Crippen LogP) is 0.799. The Morgan fingerprint density at radius 2 is 1.47 bits per heavy atom. The highest BCUT2D eigenvalue weighted by atomic mass is 35.5. The van der Waals surface area contributed by atoms with Crippen molar-refractivity contribution in [3.8, 4) is 0 Å². The Bertz CT molecular complexity index is 341. The van der Waals surface area contributed by atoms with Gasteiger partial charge in [-0.15, -0.1) is 0 Å². The molecular formula is C11H15Cl2NO3. The van der Waals surface area contributed by atoms with Crippen LogP contribution in [0.3, 0.4) is 0 Å². The normalized spacial score (nSPS) is 11.8. The van der Waals surface area contributed by atoms with Crippen LogP contribution in [0.15, 0.2) is 18.2 Å². The Kier molecular flexibility index (Phi) is 5.66. The molecule has 0 saturated heterocycles. The smallest absolute Gasteiger partial charge is 0.0884 e. The number of halogens is 2. The lowest BCUT2D eigenvalue weighted by Gasteiger charge is -2.29. The van der Waals surface area contributed by atoms with E-state index in [2.05, 4.69) is 5.32 Å². The summed E-state index contributed by atoms with van der Waals surface area (Å²) < 4.78 is 0. The highest BCUT2D eigenvalue weighted by Crippen LogP contribution is 2.24. The minimum absolute atomic E-state index is 0.250. The number of aliphatic hydroxyl groups is 3. The first-order valence-corrected chi connectivity index (χ1v) is 5.84. The highest BCUT2D eigenvalue weighted by molar-refractivity contribution is 6.35. The van der Waals surface area contributed by atoms with E-state index in [1.165, 1.54) is 0 Å². The topological polar surface area (TPSA) is 72.7 Å². The summed E-state index contributed by atoms with van der Waals surface area (Å²) in [6.45, 7) is -0.910. The average molecular weight is 280 g/mol. The SMILES string of the molecule is OCC(CO)(CO)NCc1c(Cl)cccc1Cl. The molecule has 4 nitrogen and oxygen atoms in total. The van der Waals surface area contributed by atoms with Gasteiger partial charge in [0.2, 0.25) is 0 Å². The molecular weight excluding hydrogens is 265 g/mol. The van der Waals surface area contributed by atoms with Crippen molar-refractivity contribution in [2.75, 3.05) is 19.8 Å². The standard InChI is InChI=1S/C11H15Cl2NO3/c12-9-2-1-3-10(13)8(9)4-14-11(5-15,6-16)7-17/h1-3,14-17H,4-7H2. The molecule has 1 aromatic carbocycles. The number of nitrogens with one attached hydrogen (secondary N) is 1. The molecule has 0 unspecified atom stereocenters. The number of hydrogen-bond acceptors (Lipinski definition) is 4. The van der Waals surface area contributed by atoms with Crippen LogP contribution in [0.25, 0.3) is 0 Å². The highest BCUT2D eigenvalue weighted by Gasteiger charge is 2.27. The van der Waals surface area contributed by atoms with Crippen molar-refractivity contribution < 1.29 is 15.3 Å². The summed E-state index contributed by atoms with van der Waals surface area (Å²) in [6.07, 6.45) is 0. The van der Waals surface area contributed by atoms with Crippen LogP contribution in [0.4, 0.5) is 0 Å². The second-order valence-electron chi connectivity index (χ2n) is 3.81. The van der Waals surface area contributed by atoms with E-state index in [-0.39, 0.29) is 26.4 Å². The van der Waals surface area contributed by atoms with Gasteiger partial charge >= 0.3 is 0 Å². The zero-order chi connectivity index (χ0) is 12.9. The minimum atomic E-state index is -1.14. The summed E-state index contributed by atoms with van der Waals surface area (Å²) in [7, 11) is 0. The molecule has 6 heteroatoms. The molecule has 96 valence electrons. The molecule has 0 aliphatic carbocycles. The van der Waals surface area contributed by atoms with Gasteiger partial charge in [0.25, 0.3) is 0 Å². The fourth-order valence-corrected chi connectivity index (χ4v) is 1.83. The van der Waals surface area contributed by atoms with Crippen LogP contribution in [-0.4, -0.2) is 40.7 Å². The lowest BCUT2D eigenvalue weighted by atomic mass is 10.0. The third kappa shape index (κ3) is 3.55. The Balaban J connectivity index is 2.79. The zero-order valence-electron chi connectivity index (χ0n) is 9.16. The van der Waals surface area contributed by atoms with Crippen molar-refractivity contribution >= 4 is 23.2 Å². The second kappa shape index (κ2) is 6.54. The molecule has 1 aromatic rings. The van der Waals surface area contributed by atoms with Gasteiger partial charge in [0.15, 0.2) is 0 Å². The lowest BCUT2D eigenvalue weighted by molar-refractivity contribution is 0.0414. The Hall–Kier alpha value is -0.360. The molecule has 0 spiro atoms. The van der Waals surface area contributed by atoms with Gasteiger partial charge in [-0.25, -0.2) is 0 Å². The fraction of sp³-hybridized carbons (Fsp3) is 0.455. The van der Waals surface area contributed by atoms with Gasteiger partial charge in [-0.3, -0.25) is 0 Å². The van der Waals surface area contributed by atoms with E-state index in [9.17, 15) is 0 Å². The van der Waals surface area contributed by atoms with Crippen LogP contribution < -0.4 is 5.32 Å². The number of benzene rings is 1. The third-order valence-electron chi connectivity index (χ3n) is 2.61. The summed E-state index contributed by atoms with van der Waals surface area (Å²) >= 11 is 12.0. The van der Waals surface area contributed by atoms with Crippen LogP contribution >= 0.6 is 23.2 Å². The molecule has 0 radical (unpaired) electrons. The van der Waals surface area contributed by atoms with Crippen molar-refractivity contribution in [3.05, 3.63) is 33.8 Å². The van der Waals surface area contributed by atoms with E-state index in [1.54, 1.807) is 18.2 Å². The first-order valence-electron chi connectivity index (χ1n) is 5.09. The summed E-state index contributed by atoms with van der Waals surface area (Å²) in [6, 6.07) is 5.12. The molecule has 0 fully saturated rings. The summed E-state index contributed by atoms with van der Waals surface area (Å²) in [5.74, 6) is 0. The molecule has 1 rings (SSSR count). The molecule has 0 aliphatic rings. The van der Waals surface area contributed by atoms with E-state index >= 15 is 0 Å². The molecule has 17 heavy (non-hydrogen) atoms.